The number of halogens is 2. The van der Waals surface area contributed by atoms with Crippen LogP contribution in [0.3, 0.4) is 0 Å². The first-order valence-electron chi connectivity index (χ1n) is 7.45. The van der Waals surface area contributed by atoms with Crippen molar-refractivity contribution in [3.8, 4) is 0 Å². The molecular weight excluding hydrogens is 363 g/mol. The van der Waals surface area contributed by atoms with Crippen molar-refractivity contribution >= 4 is 38.0 Å². The van der Waals surface area contributed by atoms with Crippen LogP contribution in [0.15, 0.2) is 22.9 Å². The lowest BCUT2D eigenvalue weighted by atomic mass is 10.1. The smallest absolute Gasteiger partial charge is 0.136 e. The number of hydrogen-bond acceptors (Lipinski definition) is 4. The third kappa shape index (κ3) is 3.35. The summed E-state index contributed by atoms with van der Waals surface area (Å²) in [6.45, 7) is 6.12. The van der Waals surface area contributed by atoms with Gasteiger partial charge in [-0.1, -0.05) is 0 Å². The molecule has 23 heavy (non-hydrogen) atoms. The Morgan fingerprint density at radius 2 is 2.04 bits per heavy atom. The van der Waals surface area contributed by atoms with Gasteiger partial charge in [-0.05, 0) is 42.8 Å². The highest BCUT2D eigenvalue weighted by molar-refractivity contribution is 9.10. The van der Waals surface area contributed by atoms with Gasteiger partial charge in [0.05, 0.1) is 23.8 Å². The van der Waals surface area contributed by atoms with E-state index in [0.29, 0.717) is 30.1 Å². The summed E-state index contributed by atoms with van der Waals surface area (Å²) >= 11 is 3.40. The van der Waals surface area contributed by atoms with E-state index in [0.717, 1.165) is 15.5 Å². The highest BCUT2D eigenvalue weighted by Crippen LogP contribution is 2.27. The molecule has 0 saturated carbocycles. The van der Waals surface area contributed by atoms with E-state index in [9.17, 15) is 4.39 Å². The number of fused-ring (bicyclic) bond motifs is 3. The number of pyridine rings is 2. The van der Waals surface area contributed by atoms with Crippen molar-refractivity contribution in [1.82, 2.24) is 19.5 Å². The van der Waals surface area contributed by atoms with Crippen LogP contribution in [0.2, 0.25) is 0 Å². The summed E-state index contributed by atoms with van der Waals surface area (Å²) in [6, 6.07) is 1.89. The van der Waals surface area contributed by atoms with Gasteiger partial charge in [-0.25, -0.2) is 9.37 Å². The zero-order chi connectivity index (χ0) is 16.6. The molecule has 0 saturated heterocycles. The Bertz CT molecular complexity index is 857. The Hall–Kier alpha value is -1.60. The van der Waals surface area contributed by atoms with Gasteiger partial charge < -0.3 is 9.30 Å². The molecule has 3 aromatic rings. The van der Waals surface area contributed by atoms with E-state index in [2.05, 4.69) is 30.9 Å². The Morgan fingerprint density at radius 3 is 2.74 bits per heavy atom. The molecule has 122 valence electrons. The molecule has 0 aliphatic rings. The fourth-order valence-corrected chi connectivity index (χ4v) is 2.87. The average molecular weight is 381 g/mol. The second-order valence-electron chi connectivity index (χ2n) is 5.98. The average Bonchev–Trinajstić information content (AvgIpc) is 2.81. The van der Waals surface area contributed by atoms with Crippen LogP contribution in [0.25, 0.3) is 22.1 Å². The third-order valence-corrected chi connectivity index (χ3v) is 3.86. The quantitative estimate of drug-likeness (QED) is 0.670. The predicted molar refractivity (Wildman–Crippen MR) is 91.0 cm³/mol. The highest BCUT2D eigenvalue weighted by atomic mass is 79.9. The number of hydrogen-bond donors (Lipinski definition) is 0. The molecule has 0 atom stereocenters. The van der Waals surface area contributed by atoms with Gasteiger partial charge in [-0.2, -0.15) is 0 Å². The summed E-state index contributed by atoms with van der Waals surface area (Å²) in [5, 5.41) is 0. The molecule has 3 rings (SSSR count). The summed E-state index contributed by atoms with van der Waals surface area (Å²) < 4.78 is 22.5. The largest absolute Gasteiger partial charge is 0.374 e. The van der Waals surface area contributed by atoms with Crippen LogP contribution in [0.5, 0.6) is 0 Å². The van der Waals surface area contributed by atoms with E-state index >= 15 is 0 Å². The van der Waals surface area contributed by atoms with E-state index in [1.54, 1.807) is 26.2 Å². The number of imidazole rings is 1. The van der Waals surface area contributed by atoms with E-state index in [4.69, 9.17) is 4.74 Å². The van der Waals surface area contributed by atoms with Crippen molar-refractivity contribution in [2.24, 2.45) is 0 Å². The molecule has 7 heteroatoms. The minimum atomic E-state index is -1.38. The maximum absolute atomic E-state index is 14.3. The van der Waals surface area contributed by atoms with Crippen LogP contribution in [-0.2, 0) is 17.9 Å². The van der Waals surface area contributed by atoms with Crippen LogP contribution < -0.4 is 0 Å². The Kier molecular flexibility index (Phi) is 4.33. The molecule has 0 amide bonds. The van der Waals surface area contributed by atoms with Gasteiger partial charge in [-0.3, -0.25) is 9.97 Å². The topological polar surface area (TPSA) is 52.8 Å². The maximum Gasteiger partial charge on any atom is 0.136 e. The second kappa shape index (κ2) is 6.13. The number of aromatic nitrogens is 4. The standard InChI is InChI=1S/C16H18BrFN4O/c1-4-23-8-13-21-12-7-19-11-5-10(17)6-20-14(11)15(12)22(13)9-16(2,3)18/h5-7H,4,8-9H2,1-3H3. The maximum atomic E-state index is 14.3. The van der Waals surface area contributed by atoms with Crippen molar-refractivity contribution in [2.45, 2.75) is 39.6 Å². The van der Waals surface area contributed by atoms with Crippen LogP contribution in [-0.4, -0.2) is 31.8 Å². The Morgan fingerprint density at radius 1 is 1.26 bits per heavy atom. The van der Waals surface area contributed by atoms with Gasteiger partial charge in [0.1, 0.15) is 29.1 Å². The van der Waals surface area contributed by atoms with E-state index in [-0.39, 0.29) is 6.54 Å². The second-order valence-corrected chi connectivity index (χ2v) is 6.90. The monoisotopic (exact) mass is 380 g/mol. The summed E-state index contributed by atoms with van der Waals surface area (Å²) in [7, 11) is 0. The molecule has 0 aliphatic heterocycles. The van der Waals surface area contributed by atoms with Crippen LogP contribution in [0.4, 0.5) is 4.39 Å². The first-order valence-corrected chi connectivity index (χ1v) is 8.24. The van der Waals surface area contributed by atoms with Crippen molar-refractivity contribution in [3.63, 3.8) is 0 Å². The van der Waals surface area contributed by atoms with E-state index < -0.39 is 5.67 Å². The molecule has 0 fully saturated rings. The summed E-state index contributed by atoms with van der Waals surface area (Å²) in [5.41, 5.74) is 1.58. The van der Waals surface area contributed by atoms with Gasteiger partial charge >= 0.3 is 0 Å². The molecule has 3 heterocycles. The minimum absolute atomic E-state index is 0.183. The normalized spacial score (nSPS) is 12.4. The number of nitrogens with zero attached hydrogens (tertiary/aromatic N) is 4. The van der Waals surface area contributed by atoms with Crippen LogP contribution >= 0.6 is 15.9 Å². The lowest BCUT2D eigenvalue weighted by molar-refractivity contribution is 0.120. The molecule has 0 N–H and O–H groups in total. The molecule has 0 bridgehead atoms. The van der Waals surface area contributed by atoms with E-state index in [1.807, 2.05) is 17.6 Å². The first kappa shape index (κ1) is 16.3. The summed E-state index contributed by atoms with van der Waals surface area (Å²) in [4.78, 5) is 13.4. The molecule has 0 spiro atoms. The van der Waals surface area contributed by atoms with Gasteiger partial charge in [-0.15, -0.1) is 0 Å². The number of alkyl halides is 1. The lowest BCUT2D eigenvalue weighted by Crippen LogP contribution is -2.22. The minimum Gasteiger partial charge on any atom is -0.374 e. The van der Waals surface area contributed by atoms with Crippen molar-refractivity contribution < 1.29 is 9.13 Å². The van der Waals surface area contributed by atoms with Crippen molar-refractivity contribution in [2.75, 3.05) is 6.61 Å². The molecule has 5 nitrogen and oxygen atoms in total. The van der Waals surface area contributed by atoms with Crippen LogP contribution in [0.1, 0.15) is 26.6 Å². The van der Waals surface area contributed by atoms with Gasteiger partial charge in [0.15, 0.2) is 0 Å². The Balaban J connectivity index is 2.27. The summed E-state index contributed by atoms with van der Waals surface area (Å²) in [5.74, 6) is 0.687. The third-order valence-electron chi connectivity index (χ3n) is 3.43. The Labute approximate surface area is 142 Å². The predicted octanol–water partition coefficient (Wildman–Crippen LogP) is 4.03. The van der Waals surface area contributed by atoms with Crippen molar-refractivity contribution in [3.05, 3.63) is 28.8 Å². The number of ether oxygens (including phenoxy) is 1. The zero-order valence-electron chi connectivity index (χ0n) is 13.3. The molecule has 0 radical (unpaired) electrons. The fraction of sp³-hybridized carbons (Fsp3) is 0.438. The van der Waals surface area contributed by atoms with E-state index in [1.165, 1.54) is 0 Å². The SMILES string of the molecule is CCOCc1nc2cnc3cc(Br)cnc3c2n1CC(C)(C)F. The first-order chi connectivity index (χ1) is 10.9. The molecule has 3 aromatic heterocycles. The van der Waals surface area contributed by atoms with Gasteiger partial charge in [0, 0.05) is 17.3 Å². The molecule has 0 unspecified atom stereocenters. The molecule has 0 aliphatic carbocycles. The van der Waals surface area contributed by atoms with Gasteiger partial charge in [0.25, 0.3) is 0 Å². The molecular formula is C16H18BrFN4O. The van der Waals surface area contributed by atoms with Crippen LogP contribution in [0, 0.1) is 0 Å². The number of rotatable bonds is 5. The molecule has 0 aromatic carbocycles. The summed E-state index contributed by atoms with van der Waals surface area (Å²) in [6.07, 6.45) is 3.41. The zero-order valence-corrected chi connectivity index (χ0v) is 14.9. The van der Waals surface area contributed by atoms with Crippen molar-refractivity contribution in [1.29, 1.82) is 0 Å². The van der Waals surface area contributed by atoms with Gasteiger partial charge in [0.2, 0.25) is 0 Å². The highest BCUT2D eigenvalue weighted by Gasteiger charge is 2.23. The lowest BCUT2D eigenvalue weighted by Gasteiger charge is -2.18. The fourth-order valence-electron chi connectivity index (χ4n) is 2.55.